The van der Waals surface area contributed by atoms with E-state index in [0.717, 1.165) is 12.5 Å². The van der Waals surface area contributed by atoms with E-state index in [2.05, 4.69) is 20.3 Å². The normalized spacial score (nSPS) is 14.1. The van der Waals surface area contributed by atoms with Gasteiger partial charge in [-0.2, -0.15) is 4.39 Å². The van der Waals surface area contributed by atoms with Crippen LogP contribution < -0.4 is 5.32 Å². The second-order valence-corrected chi connectivity index (χ2v) is 7.58. The van der Waals surface area contributed by atoms with Gasteiger partial charge in [0, 0.05) is 42.9 Å². The van der Waals surface area contributed by atoms with E-state index in [9.17, 15) is 13.6 Å². The maximum absolute atomic E-state index is 13.7. The number of imidazole rings is 1. The number of carbonyl (C=O) groups is 1. The first-order valence-corrected chi connectivity index (χ1v) is 10.4. The number of pyridine rings is 2. The van der Waals surface area contributed by atoms with Crippen LogP contribution in [-0.2, 0) is 17.9 Å². The first-order chi connectivity index (χ1) is 16.1. The number of aryl methyl sites for hydroxylation is 1. The molecule has 0 fully saturated rings. The number of anilines is 1. The Labute approximate surface area is 188 Å². The second kappa shape index (κ2) is 8.87. The minimum absolute atomic E-state index is 0.226. The third kappa shape index (κ3) is 4.35. The fourth-order valence-electron chi connectivity index (χ4n) is 3.73. The number of fused-ring (bicyclic) bond motifs is 5. The molecule has 1 aliphatic heterocycles. The molecular weight excluding hydrogens is 428 g/mol. The third-order valence-electron chi connectivity index (χ3n) is 5.36. The molecule has 5 rings (SSSR count). The third-order valence-corrected chi connectivity index (χ3v) is 5.36. The Morgan fingerprint density at radius 2 is 1.97 bits per heavy atom. The summed E-state index contributed by atoms with van der Waals surface area (Å²) in [5.41, 5.74) is 2.54. The first kappa shape index (κ1) is 20.9. The summed E-state index contributed by atoms with van der Waals surface area (Å²) >= 11 is 0. The number of halogens is 2. The van der Waals surface area contributed by atoms with Crippen LogP contribution in [0.2, 0.25) is 0 Å². The van der Waals surface area contributed by atoms with Gasteiger partial charge in [0.05, 0.1) is 6.61 Å². The number of ether oxygens (including phenoxy) is 1. The van der Waals surface area contributed by atoms with Gasteiger partial charge in [-0.1, -0.05) is 18.2 Å². The molecule has 0 radical (unpaired) electrons. The quantitative estimate of drug-likeness (QED) is 0.436. The van der Waals surface area contributed by atoms with E-state index in [1.807, 2.05) is 16.8 Å². The fraction of sp³-hybridized carbons (Fsp3) is 0.167. The van der Waals surface area contributed by atoms with Gasteiger partial charge in [0.25, 0.3) is 5.91 Å². The highest BCUT2D eigenvalue weighted by Crippen LogP contribution is 2.25. The molecule has 0 unspecified atom stereocenters. The van der Waals surface area contributed by atoms with E-state index in [1.54, 1.807) is 36.5 Å². The zero-order valence-electron chi connectivity index (χ0n) is 17.5. The highest BCUT2D eigenvalue weighted by atomic mass is 19.2. The standard InChI is InChI=1S/C24H19F2N5O2/c25-19-12-17(13-28-22(19)26)15-5-6-16-14-33-10-2-8-31-9-7-27-23(31)20-3-1-4-21(29-20)30-24(32)18(16)11-15/h1,3-7,9,11-13H,2,8,10,14H2,(H,29,30,32). The number of nitrogens with one attached hydrogen (secondary N) is 1. The Morgan fingerprint density at radius 1 is 1.06 bits per heavy atom. The molecule has 0 aliphatic carbocycles. The van der Waals surface area contributed by atoms with E-state index in [1.165, 1.54) is 6.20 Å². The summed E-state index contributed by atoms with van der Waals surface area (Å²) in [6, 6.07) is 11.5. The zero-order valence-corrected chi connectivity index (χ0v) is 17.5. The topological polar surface area (TPSA) is 81.9 Å². The minimum atomic E-state index is -1.17. The maximum Gasteiger partial charge on any atom is 0.257 e. The van der Waals surface area contributed by atoms with E-state index >= 15 is 0 Å². The summed E-state index contributed by atoms with van der Waals surface area (Å²) < 4.78 is 34.8. The molecule has 7 nitrogen and oxygen atoms in total. The fourth-order valence-corrected chi connectivity index (χ4v) is 3.73. The molecule has 33 heavy (non-hydrogen) atoms. The van der Waals surface area contributed by atoms with Crippen LogP contribution in [-0.4, -0.2) is 32.0 Å². The van der Waals surface area contributed by atoms with Crippen molar-refractivity contribution in [2.75, 3.05) is 11.9 Å². The van der Waals surface area contributed by atoms with E-state index in [0.29, 0.717) is 52.7 Å². The summed E-state index contributed by atoms with van der Waals surface area (Å²) in [5, 5.41) is 2.82. The predicted molar refractivity (Wildman–Crippen MR) is 117 cm³/mol. The van der Waals surface area contributed by atoms with Crippen molar-refractivity contribution >= 4 is 11.7 Å². The zero-order chi connectivity index (χ0) is 22.8. The molecule has 1 aromatic carbocycles. The number of hydrogen-bond acceptors (Lipinski definition) is 5. The molecule has 0 atom stereocenters. The Balaban J connectivity index is 1.54. The van der Waals surface area contributed by atoms with Crippen molar-refractivity contribution in [1.29, 1.82) is 0 Å². The monoisotopic (exact) mass is 447 g/mol. The van der Waals surface area contributed by atoms with Crippen LogP contribution in [0.25, 0.3) is 22.6 Å². The van der Waals surface area contributed by atoms with E-state index in [4.69, 9.17) is 4.74 Å². The molecule has 4 heterocycles. The lowest BCUT2D eigenvalue weighted by molar-refractivity contribution is 0.1000. The Bertz CT molecular complexity index is 1340. The lowest BCUT2D eigenvalue weighted by Crippen LogP contribution is -2.17. The van der Waals surface area contributed by atoms with Gasteiger partial charge in [0.2, 0.25) is 5.95 Å². The average molecular weight is 447 g/mol. The summed E-state index contributed by atoms with van der Waals surface area (Å²) in [6.45, 7) is 1.42. The molecule has 166 valence electrons. The number of carbonyl (C=O) groups excluding carboxylic acids is 1. The molecule has 2 bridgehead atoms. The Hall–Kier alpha value is -3.98. The van der Waals surface area contributed by atoms with Crippen molar-refractivity contribution in [2.24, 2.45) is 0 Å². The largest absolute Gasteiger partial charge is 0.377 e. The van der Waals surface area contributed by atoms with Crippen LogP contribution in [0.4, 0.5) is 14.6 Å². The first-order valence-electron chi connectivity index (χ1n) is 10.4. The molecule has 4 aromatic rings. The van der Waals surface area contributed by atoms with Crippen LogP contribution in [0.5, 0.6) is 0 Å². The molecule has 1 N–H and O–H groups in total. The number of amides is 1. The molecule has 1 amide bonds. The number of hydrogen-bond donors (Lipinski definition) is 1. The van der Waals surface area contributed by atoms with Gasteiger partial charge in [0.15, 0.2) is 11.6 Å². The van der Waals surface area contributed by atoms with Gasteiger partial charge < -0.3 is 14.6 Å². The average Bonchev–Trinajstić information content (AvgIpc) is 3.29. The SMILES string of the molecule is O=C1Nc2cccc(n2)-c2nccn2CCCOCc2ccc(-c3cnc(F)c(F)c3)cc21. The van der Waals surface area contributed by atoms with Crippen molar-refractivity contribution in [3.05, 3.63) is 83.9 Å². The molecule has 1 aliphatic rings. The second-order valence-electron chi connectivity index (χ2n) is 7.58. The molecule has 0 spiro atoms. The van der Waals surface area contributed by atoms with Crippen LogP contribution in [0, 0.1) is 11.8 Å². The Morgan fingerprint density at radius 3 is 2.85 bits per heavy atom. The molecule has 9 heteroatoms. The van der Waals surface area contributed by atoms with Crippen molar-refractivity contribution < 1.29 is 18.3 Å². The van der Waals surface area contributed by atoms with Gasteiger partial charge in [-0.05, 0) is 41.8 Å². The van der Waals surface area contributed by atoms with E-state index in [-0.39, 0.29) is 6.61 Å². The van der Waals surface area contributed by atoms with Gasteiger partial charge in [-0.3, -0.25) is 4.79 Å². The molecule has 3 aromatic heterocycles. The van der Waals surface area contributed by atoms with E-state index < -0.39 is 17.7 Å². The van der Waals surface area contributed by atoms with Crippen LogP contribution in [0.15, 0.2) is 61.1 Å². The lowest BCUT2D eigenvalue weighted by Gasteiger charge is -2.15. The molecule has 0 saturated carbocycles. The smallest absolute Gasteiger partial charge is 0.257 e. The van der Waals surface area contributed by atoms with Crippen molar-refractivity contribution in [3.8, 4) is 22.6 Å². The Kier molecular flexibility index (Phi) is 5.62. The maximum atomic E-state index is 13.7. The number of rotatable bonds is 1. The van der Waals surface area contributed by atoms with Crippen LogP contribution in [0.3, 0.4) is 0 Å². The van der Waals surface area contributed by atoms with Gasteiger partial charge in [0.1, 0.15) is 11.5 Å². The van der Waals surface area contributed by atoms with Crippen LogP contribution in [0.1, 0.15) is 22.3 Å². The summed E-state index contributed by atoms with van der Waals surface area (Å²) in [5.74, 6) is -1.54. The summed E-state index contributed by atoms with van der Waals surface area (Å²) in [4.78, 5) is 25.6. The van der Waals surface area contributed by atoms with Crippen LogP contribution >= 0.6 is 0 Å². The number of benzene rings is 1. The van der Waals surface area contributed by atoms with Crippen molar-refractivity contribution in [2.45, 2.75) is 19.6 Å². The van der Waals surface area contributed by atoms with Gasteiger partial charge in [-0.25, -0.2) is 19.3 Å². The predicted octanol–water partition coefficient (Wildman–Crippen LogP) is 4.46. The number of nitrogens with zero attached hydrogens (tertiary/aromatic N) is 4. The lowest BCUT2D eigenvalue weighted by atomic mass is 9.99. The van der Waals surface area contributed by atoms with Gasteiger partial charge >= 0.3 is 0 Å². The summed E-state index contributed by atoms with van der Waals surface area (Å²) in [7, 11) is 0. The minimum Gasteiger partial charge on any atom is -0.377 e. The summed E-state index contributed by atoms with van der Waals surface area (Å²) in [6.07, 6.45) is 5.58. The van der Waals surface area contributed by atoms with Crippen molar-refractivity contribution in [3.63, 3.8) is 0 Å². The molecule has 0 saturated heterocycles. The van der Waals surface area contributed by atoms with Crippen molar-refractivity contribution in [1.82, 2.24) is 19.5 Å². The highest BCUT2D eigenvalue weighted by Gasteiger charge is 2.17. The highest BCUT2D eigenvalue weighted by molar-refractivity contribution is 6.05. The molecular formula is C24H19F2N5O2. The van der Waals surface area contributed by atoms with Gasteiger partial charge in [-0.15, -0.1) is 0 Å². The number of aromatic nitrogens is 4.